The fraction of sp³-hybridized carbons (Fsp3) is 0.0625. The summed E-state index contributed by atoms with van der Waals surface area (Å²) in [5.74, 6) is 0. The van der Waals surface area contributed by atoms with E-state index in [1.54, 1.807) is 0 Å². The van der Waals surface area contributed by atoms with Crippen molar-refractivity contribution in [2.75, 3.05) is 5.32 Å². The van der Waals surface area contributed by atoms with Crippen molar-refractivity contribution in [2.45, 2.75) is 6.54 Å². The highest BCUT2D eigenvalue weighted by molar-refractivity contribution is 9.10. The highest BCUT2D eigenvalue weighted by Crippen LogP contribution is 2.17. The van der Waals surface area contributed by atoms with E-state index in [4.69, 9.17) is 12.2 Å². The second kappa shape index (κ2) is 6.28. The third-order valence-corrected chi connectivity index (χ3v) is 3.99. The molecule has 5 heteroatoms. The van der Waals surface area contributed by atoms with Crippen LogP contribution in [0.1, 0.15) is 5.56 Å². The first-order chi connectivity index (χ1) is 10.2. The van der Waals surface area contributed by atoms with Gasteiger partial charge in [-0.05, 0) is 48.1 Å². The summed E-state index contributed by atoms with van der Waals surface area (Å²) in [7, 11) is 0. The molecule has 0 bridgehead atoms. The number of aromatic amines is 1. The molecule has 3 aromatic rings. The minimum atomic E-state index is 0.614. The molecule has 0 saturated heterocycles. The molecule has 1 aromatic heterocycles. The van der Waals surface area contributed by atoms with Gasteiger partial charge in [-0.15, -0.1) is 0 Å². The predicted octanol–water partition coefficient (Wildman–Crippen LogP) is 4.42. The van der Waals surface area contributed by atoms with Gasteiger partial charge in [0.2, 0.25) is 0 Å². The van der Waals surface area contributed by atoms with E-state index in [0.717, 1.165) is 15.7 Å². The number of aromatic nitrogens is 1. The summed E-state index contributed by atoms with van der Waals surface area (Å²) in [6, 6.07) is 16.1. The molecule has 1 heterocycles. The van der Waals surface area contributed by atoms with Gasteiger partial charge >= 0.3 is 0 Å². The molecule has 0 unspecified atom stereocenters. The van der Waals surface area contributed by atoms with Crippen molar-refractivity contribution in [1.29, 1.82) is 0 Å². The number of nitrogens with one attached hydrogen (secondary N) is 3. The number of thiocarbonyl (C=S) groups is 1. The molecule has 3 rings (SSSR count). The summed E-state index contributed by atoms with van der Waals surface area (Å²) >= 11 is 8.73. The number of hydrogen-bond acceptors (Lipinski definition) is 1. The third-order valence-electron chi connectivity index (χ3n) is 3.22. The van der Waals surface area contributed by atoms with Gasteiger partial charge in [0.15, 0.2) is 5.11 Å². The number of hydrogen-bond donors (Lipinski definition) is 3. The van der Waals surface area contributed by atoms with Gasteiger partial charge in [0.25, 0.3) is 0 Å². The molecule has 0 aliphatic heterocycles. The fourth-order valence-corrected chi connectivity index (χ4v) is 2.62. The van der Waals surface area contributed by atoms with E-state index >= 15 is 0 Å². The van der Waals surface area contributed by atoms with Crippen molar-refractivity contribution in [3.05, 3.63) is 64.8 Å². The highest BCUT2D eigenvalue weighted by Gasteiger charge is 2.03. The summed E-state index contributed by atoms with van der Waals surface area (Å²) in [4.78, 5) is 3.26. The summed E-state index contributed by atoms with van der Waals surface area (Å²) in [5.41, 5.74) is 3.31. The molecule has 0 atom stereocenters. The van der Waals surface area contributed by atoms with Crippen molar-refractivity contribution in [1.82, 2.24) is 10.3 Å². The van der Waals surface area contributed by atoms with Crippen LogP contribution < -0.4 is 10.6 Å². The van der Waals surface area contributed by atoms with Crippen LogP contribution in [0.15, 0.2) is 59.2 Å². The zero-order chi connectivity index (χ0) is 14.7. The van der Waals surface area contributed by atoms with Crippen LogP contribution in [0.3, 0.4) is 0 Å². The van der Waals surface area contributed by atoms with E-state index in [1.807, 2.05) is 42.6 Å². The van der Waals surface area contributed by atoms with E-state index in [2.05, 4.69) is 43.7 Å². The van der Waals surface area contributed by atoms with E-state index in [-0.39, 0.29) is 0 Å². The zero-order valence-corrected chi connectivity index (χ0v) is 13.6. The van der Waals surface area contributed by atoms with E-state index in [1.165, 1.54) is 10.9 Å². The molecule has 0 amide bonds. The number of benzene rings is 2. The SMILES string of the molecule is S=C(NCc1c[nH]c2ccccc12)Nc1ccc(Br)cc1. The molecule has 0 aliphatic carbocycles. The molecule has 0 radical (unpaired) electrons. The van der Waals surface area contributed by atoms with E-state index in [9.17, 15) is 0 Å². The van der Waals surface area contributed by atoms with Gasteiger partial charge < -0.3 is 15.6 Å². The van der Waals surface area contributed by atoms with Crippen molar-refractivity contribution in [3.8, 4) is 0 Å². The lowest BCUT2D eigenvalue weighted by molar-refractivity contribution is 0.934. The van der Waals surface area contributed by atoms with Gasteiger partial charge in [-0.1, -0.05) is 34.1 Å². The second-order valence-corrected chi connectivity index (χ2v) is 6.00. The van der Waals surface area contributed by atoms with Gasteiger partial charge in [-0.25, -0.2) is 0 Å². The van der Waals surface area contributed by atoms with Gasteiger partial charge in [-0.2, -0.15) is 0 Å². The van der Waals surface area contributed by atoms with Gasteiger partial charge in [-0.3, -0.25) is 0 Å². The number of halogens is 1. The van der Waals surface area contributed by atoms with E-state index < -0.39 is 0 Å². The van der Waals surface area contributed by atoms with Crippen molar-refractivity contribution >= 4 is 49.9 Å². The van der Waals surface area contributed by atoms with Gasteiger partial charge in [0.1, 0.15) is 0 Å². The topological polar surface area (TPSA) is 39.9 Å². The smallest absolute Gasteiger partial charge is 0.171 e. The van der Waals surface area contributed by atoms with Crippen LogP contribution >= 0.6 is 28.1 Å². The van der Waals surface area contributed by atoms with Gasteiger partial charge in [0, 0.05) is 33.8 Å². The minimum Gasteiger partial charge on any atom is -0.361 e. The lowest BCUT2D eigenvalue weighted by atomic mass is 10.2. The molecule has 0 fully saturated rings. The quantitative estimate of drug-likeness (QED) is 0.606. The Kier molecular flexibility index (Phi) is 4.22. The van der Waals surface area contributed by atoms with E-state index in [0.29, 0.717) is 11.7 Å². The van der Waals surface area contributed by atoms with Crippen molar-refractivity contribution in [2.24, 2.45) is 0 Å². The fourth-order valence-electron chi connectivity index (χ4n) is 2.16. The average molecular weight is 360 g/mol. The standard InChI is InChI=1S/C16H14BrN3S/c17-12-5-7-13(8-6-12)20-16(21)19-10-11-9-18-15-4-2-1-3-14(11)15/h1-9,18H,10H2,(H2,19,20,21). The molecule has 106 valence electrons. The van der Waals surface area contributed by atoms with Gasteiger partial charge in [0.05, 0.1) is 0 Å². The predicted molar refractivity (Wildman–Crippen MR) is 95.5 cm³/mol. The molecule has 21 heavy (non-hydrogen) atoms. The normalized spacial score (nSPS) is 10.5. The minimum absolute atomic E-state index is 0.614. The number of anilines is 1. The average Bonchev–Trinajstić information content (AvgIpc) is 2.91. The van der Waals surface area contributed by atoms with Crippen LogP contribution in [-0.2, 0) is 6.54 Å². The summed E-state index contributed by atoms with van der Waals surface area (Å²) in [6.45, 7) is 0.687. The van der Waals surface area contributed by atoms with Crippen LogP contribution in [0.2, 0.25) is 0 Å². The lowest BCUT2D eigenvalue weighted by Gasteiger charge is -2.10. The Bertz CT molecular complexity index is 765. The zero-order valence-electron chi connectivity index (χ0n) is 11.2. The molecule has 2 aromatic carbocycles. The second-order valence-electron chi connectivity index (χ2n) is 4.67. The Hall–Kier alpha value is -1.85. The maximum atomic E-state index is 5.32. The Morgan fingerprint density at radius 3 is 2.67 bits per heavy atom. The molecule has 3 nitrogen and oxygen atoms in total. The van der Waals surface area contributed by atoms with Crippen LogP contribution in [-0.4, -0.2) is 10.1 Å². The maximum absolute atomic E-state index is 5.32. The Morgan fingerprint density at radius 1 is 1.10 bits per heavy atom. The lowest BCUT2D eigenvalue weighted by Crippen LogP contribution is -2.27. The molecule has 0 saturated carbocycles. The summed E-state index contributed by atoms with van der Waals surface area (Å²) in [5, 5.41) is 8.23. The summed E-state index contributed by atoms with van der Waals surface area (Å²) < 4.78 is 1.05. The Balaban J connectivity index is 1.62. The van der Waals surface area contributed by atoms with Crippen LogP contribution in [0.25, 0.3) is 10.9 Å². The van der Waals surface area contributed by atoms with Crippen LogP contribution in [0, 0.1) is 0 Å². The Morgan fingerprint density at radius 2 is 1.86 bits per heavy atom. The monoisotopic (exact) mass is 359 g/mol. The highest BCUT2D eigenvalue weighted by atomic mass is 79.9. The maximum Gasteiger partial charge on any atom is 0.171 e. The number of H-pyrrole nitrogens is 1. The Labute approximate surface area is 136 Å². The number of fused-ring (bicyclic) bond motifs is 1. The van der Waals surface area contributed by atoms with Crippen LogP contribution in [0.4, 0.5) is 5.69 Å². The summed E-state index contributed by atoms with van der Waals surface area (Å²) in [6.07, 6.45) is 2.01. The number of para-hydroxylation sites is 1. The van der Waals surface area contributed by atoms with Crippen LogP contribution in [0.5, 0.6) is 0 Å². The molecule has 3 N–H and O–H groups in total. The third kappa shape index (κ3) is 3.43. The first kappa shape index (κ1) is 14.1. The van der Waals surface area contributed by atoms with Crippen molar-refractivity contribution < 1.29 is 0 Å². The van der Waals surface area contributed by atoms with Crippen molar-refractivity contribution in [3.63, 3.8) is 0 Å². The first-order valence-electron chi connectivity index (χ1n) is 6.58. The molecular weight excluding hydrogens is 346 g/mol. The molecule has 0 aliphatic rings. The number of rotatable bonds is 3. The molecular formula is C16H14BrN3S. The first-order valence-corrected chi connectivity index (χ1v) is 7.78. The molecule has 0 spiro atoms. The largest absolute Gasteiger partial charge is 0.361 e.